The maximum absolute atomic E-state index is 10.2. The zero-order valence-corrected chi connectivity index (χ0v) is 7.83. The van der Waals surface area contributed by atoms with Gasteiger partial charge in [0, 0.05) is 6.54 Å². The third kappa shape index (κ3) is 4.68. The summed E-state index contributed by atoms with van der Waals surface area (Å²) in [6, 6.07) is 0. The maximum Gasteiger partial charge on any atom is 0.304 e. The Kier molecular flexibility index (Phi) is 4.54. The molecule has 3 nitrogen and oxygen atoms in total. The minimum Gasteiger partial charge on any atom is -0.481 e. The topological polar surface area (TPSA) is 49.3 Å². The number of hydrogen-bond acceptors (Lipinski definition) is 2. The summed E-state index contributed by atoms with van der Waals surface area (Å²) in [5, 5.41) is 11.6. The molecular formula is C10H17NO2. The van der Waals surface area contributed by atoms with Crippen molar-refractivity contribution >= 4 is 5.97 Å². The maximum atomic E-state index is 10.2. The Labute approximate surface area is 78.8 Å². The van der Waals surface area contributed by atoms with E-state index < -0.39 is 5.97 Å². The molecule has 0 aromatic rings. The number of rotatable bonds is 5. The SMILES string of the molecule is O=C(O)CCNCC1CC=CCC1. The summed E-state index contributed by atoms with van der Waals surface area (Å²) < 4.78 is 0. The van der Waals surface area contributed by atoms with E-state index in [0.717, 1.165) is 13.0 Å². The third-order valence-electron chi connectivity index (χ3n) is 2.33. The first-order chi connectivity index (χ1) is 6.29. The van der Waals surface area contributed by atoms with Crippen LogP contribution in [-0.2, 0) is 4.79 Å². The molecule has 0 spiro atoms. The van der Waals surface area contributed by atoms with E-state index in [1.54, 1.807) is 0 Å². The van der Waals surface area contributed by atoms with Crippen LogP contribution < -0.4 is 5.32 Å². The van der Waals surface area contributed by atoms with Crippen molar-refractivity contribution < 1.29 is 9.90 Å². The van der Waals surface area contributed by atoms with Crippen LogP contribution >= 0.6 is 0 Å². The van der Waals surface area contributed by atoms with Crippen LogP contribution in [0, 0.1) is 5.92 Å². The Morgan fingerprint density at radius 1 is 1.54 bits per heavy atom. The number of allylic oxidation sites excluding steroid dienone is 2. The zero-order chi connectivity index (χ0) is 9.52. The van der Waals surface area contributed by atoms with Gasteiger partial charge in [0.15, 0.2) is 0 Å². The second kappa shape index (κ2) is 5.75. The second-order valence-corrected chi connectivity index (χ2v) is 3.50. The van der Waals surface area contributed by atoms with Gasteiger partial charge in [-0.05, 0) is 31.7 Å². The average molecular weight is 183 g/mol. The molecule has 1 unspecified atom stereocenters. The molecular weight excluding hydrogens is 166 g/mol. The highest BCUT2D eigenvalue weighted by Crippen LogP contribution is 2.16. The lowest BCUT2D eigenvalue weighted by Crippen LogP contribution is -2.25. The Balaban J connectivity index is 1.99. The summed E-state index contributed by atoms with van der Waals surface area (Å²) >= 11 is 0. The molecule has 13 heavy (non-hydrogen) atoms. The fraction of sp³-hybridized carbons (Fsp3) is 0.700. The van der Waals surface area contributed by atoms with Crippen molar-refractivity contribution in [3.05, 3.63) is 12.2 Å². The molecule has 0 saturated heterocycles. The Bertz CT molecular complexity index is 189. The molecule has 0 radical (unpaired) electrons. The predicted octanol–water partition coefficient (Wildman–Crippen LogP) is 1.41. The lowest BCUT2D eigenvalue weighted by atomic mass is 9.94. The van der Waals surface area contributed by atoms with Crippen molar-refractivity contribution in [2.24, 2.45) is 5.92 Å². The van der Waals surface area contributed by atoms with Gasteiger partial charge in [-0.1, -0.05) is 12.2 Å². The van der Waals surface area contributed by atoms with Gasteiger partial charge >= 0.3 is 5.97 Å². The van der Waals surface area contributed by atoms with Crippen molar-refractivity contribution in [1.29, 1.82) is 0 Å². The van der Waals surface area contributed by atoms with Gasteiger partial charge in [-0.3, -0.25) is 4.79 Å². The van der Waals surface area contributed by atoms with Crippen LogP contribution in [0.5, 0.6) is 0 Å². The van der Waals surface area contributed by atoms with Crippen molar-refractivity contribution in [2.45, 2.75) is 25.7 Å². The highest BCUT2D eigenvalue weighted by molar-refractivity contribution is 5.66. The predicted molar refractivity (Wildman–Crippen MR) is 51.6 cm³/mol. The van der Waals surface area contributed by atoms with Gasteiger partial charge in [-0.2, -0.15) is 0 Å². The van der Waals surface area contributed by atoms with Crippen molar-refractivity contribution in [1.82, 2.24) is 5.32 Å². The number of carboxylic acid groups (broad SMARTS) is 1. The van der Waals surface area contributed by atoms with E-state index in [1.807, 2.05) is 0 Å². The number of carbonyl (C=O) groups is 1. The lowest BCUT2D eigenvalue weighted by Gasteiger charge is -2.17. The monoisotopic (exact) mass is 183 g/mol. The molecule has 74 valence electrons. The standard InChI is InChI=1S/C10H17NO2/c12-10(13)6-7-11-8-9-4-2-1-3-5-9/h1-2,9,11H,3-8H2,(H,12,13). The highest BCUT2D eigenvalue weighted by Gasteiger charge is 2.08. The lowest BCUT2D eigenvalue weighted by molar-refractivity contribution is -0.136. The number of aliphatic carboxylic acids is 1. The van der Waals surface area contributed by atoms with Crippen LogP contribution in [-0.4, -0.2) is 24.2 Å². The molecule has 2 N–H and O–H groups in total. The highest BCUT2D eigenvalue weighted by atomic mass is 16.4. The summed E-state index contributed by atoms with van der Waals surface area (Å²) in [6.07, 6.45) is 8.20. The largest absolute Gasteiger partial charge is 0.481 e. The van der Waals surface area contributed by atoms with Crippen molar-refractivity contribution in [3.8, 4) is 0 Å². The van der Waals surface area contributed by atoms with Crippen molar-refractivity contribution in [2.75, 3.05) is 13.1 Å². The molecule has 0 saturated carbocycles. The van der Waals surface area contributed by atoms with E-state index in [4.69, 9.17) is 5.11 Å². The molecule has 0 aliphatic heterocycles. The number of carboxylic acids is 1. The first-order valence-electron chi connectivity index (χ1n) is 4.86. The number of nitrogens with one attached hydrogen (secondary N) is 1. The Morgan fingerprint density at radius 2 is 2.38 bits per heavy atom. The summed E-state index contributed by atoms with van der Waals surface area (Å²) in [5.74, 6) is -0.0187. The molecule has 0 aromatic carbocycles. The molecule has 1 aliphatic carbocycles. The first kappa shape index (κ1) is 10.3. The summed E-state index contributed by atoms with van der Waals surface area (Å²) in [5.41, 5.74) is 0. The van der Waals surface area contributed by atoms with Gasteiger partial charge in [0.1, 0.15) is 0 Å². The van der Waals surface area contributed by atoms with Crippen molar-refractivity contribution in [3.63, 3.8) is 0 Å². The summed E-state index contributed by atoms with van der Waals surface area (Å²) in [6.45, 7) is 1.55. The fourth-order valence-electron chi connectivity index (χ4n) is 1.54. The molecule has 0 fully saturated rings. The van der Waals surface area contributed by atoms with Gasteiger partial charge in [-0.15, -0.1) is 0 Å². The smallest absolute Gasteiger partial charge is 0.304 e. The quantitative estimate of drug-likeness (QED) is 0.500. The van der Waals surface area contributed by atoms with Gasteiger partial charge < -0.3 is 10.4 Å². The second-order valence-electron chi connectivity index (χ2n) is 3.50. The molecule has 1 aliphatic rings. The van der Waals surface area contributed by atoms with E-state index in [1.165, 1.54) is 12.8 Å². The van der Waals surface area contributed by atoms with Crippen LogP contribution in [0.4, 0.5) is 0 Å². The normalized spacial score (nSPS) is 21.7. The molecule has 3 heteroatoms. The molecule has 1 rings (SSSR count). The van der Waals surface area contributed by atoms with E-state index >= 15 is 0 Å². The van der Waals surface area contributed by atoms with Crippen LogP contribution in [0.1, 0.15) is 25.7 Å². The minimum absolute atomic E-state index is 0.225. The summed E-state index contributed by atoms with van der Waals surface area (Å²) in [4.78, 5) is 10.2. The number of hydrogen-bond donors (Lipinski definition) is 2. The van der Waals surface area contributed by atoms with E-state index in [-0.39, 0.29) is 6.42 Å². The Morgan fingerprint density at radius 3 is 3.00 bits per heavy atom. The average Bonchev–Trinajstić information content (AvgIpc) is 2.14. The van der Waals surface area contributed by atoms with Crippen LogP contribution in [0.3, 0.4) is 0 Å². The van der Waals surface area contributed by atoms with E-state index in [9.17, 15) is 4.79 Å². The molecule has 0 amide bonds. The van der Waals surface area contributed by atoms with Gasteiger partial charge in [0.2, 0.25) is 0 Å². The van der Waals surface area contributed by atoms with Crippen LogP contribution in [0.2, 0.25) is 0 Å². The minimum atomic E-state index is -0.726. The van der Waals surface area contributed by atoms with Gasteiger partial charge in [0.05, 0.1) is 6.42 Å². The first-order valence-corrected chi connectivity index (χ1v) is 4.86. The van der Waals surface area contributed by atoms with Crippen LogP contribution in [0.15, 0.2) is 12.2 Å². The van der Waals surface area contributed by atoms with Gasteiger partial charge in [-0.25, -0.2) is 0 Å². The van der Waals surface area contributed by atoms with Gasteiger partial charge in [0.25, 0.3) is 0 Å². The zero-order valence-electron chi connectivity index (χ0n) is 7.83. The molecule has 1 atom stereocenters. The summed E-state index contributed by atoms with van der Waals surface area (Å²) in [7, 11) is 0. The van der Waals surface area contributed by atoms with E-state index in [2.05, 4.69) is 17.5 Å². The van der Waals surface area contributed by atoms with Crippen LogP contribution in [0.25, 0.3) is 0 Å². The third-order valence-corrected chi connectivity index (χ3v) is 2.33. The molecule has 0 aromatic heterocycles. The molecule has 0 bridgehead atoms. The molecule has 0 heterocycles. The van der Waals surface area contributed by atoms with E-state index in [0.29, 0.717) is 12.5 Å². The fourth-order valence-corrected chi connectivity index (χ4v) is 1.54. The Hall–Kier alpha value is -0.830.